The van der Waals surface area contributed by atoms with Crippen LogP contribution < -0.4 is 5.32 Å². The molecule has 1 unspecified atom stereocenters. The number of Topliss-reactive ketones (excluding diaryl/α,β-unsaturated/α-hetero) is 1. The van der Waals surface area contributed by atoms with Gasteiger partial charge in [-0.15, -0.1) is 0 Å². The third-order valence-electron chi connectivity index (χ3n) is 2.71. The van der Waals surface area contributed by atoms with Gasteiger partial charge in [0.2, 0.25) is 0 Å². The molecule has 1 fully saturated rings. The highest BCUT2D eigenvalue weighted by molar-refractivity contribution is 6.11. The lowest BCUT2D eigenvalue weighted by molar-refractivity contribution is -0.140. The molecule has 4 nitrogen and oxygen atoms in total. The van der Waals surface area contributed by atoms with Crippen molar-refractivity contribution in [3.05, 3.63) is 29.8 Å². The van der Waals surface area contributed by atoms with Crippen LogP contribution in [0.2, 0.25) is 0 Å². The fraction of sp³-hybridized carbons (Fsp3) is 0.333. The van der Waals surface area contributed by atoms with E-state index in [4.69, 9.17) is 4.74 Å². The Morgan fingerprint density at radius 1 is 1.44 bits per heavy atom. The van der Waals surface area contributed by atoms with Crippen molar-refractivity contribution in [3.8, 4) is 0 Å². The van der Waals surface area contributed by atoms with E-state index >= 15 is 0 Å². The van der Waals surface area contributed by atoms with Gasteiger partial charge in [-0.05, 0) is 12.1 Å². The van der Waals surface area contributed by atoms with Gasteiger partial charge < -0.3 is 10.1 Å². The van der Waals surface area contributed by atoms with Crippen LogP contribution in [0.4, 0.5) is 5.69 Å². The summed E-state index contributed by atoms with van der Waals surface area (Å²) < 4.78 is 4.80. The number of hydrogen-bond donors (Lipinski definition) is 1. The molecule has 1 aliphatic heterocycles. The third kappa shape index (κ3) is 1.78. The molecule has 0 spiro atoms. The second kappa shape index (κ2) is 4.35. The van der Waals surface area contributed by atoms with Crippen molar-refractivity contribution >= 4 is 17.4 Å². The van der Waals surface area contributed by atoms with E-state index in [2.05, 4.69) is 5.32 Å². The standard InChI is InChI=1S/C12H13NO3/c1-13-10-5-3-2-4-8(10)11(14)9-6-7-16-12(9)15/h2-5,9,13H,6-7H2,1H3. The molecule has 1 atom stereocenters. The largest absolute Gasteiger partial charge is 0.465 e. The summed E-state index contributed by atoms with van der Waals surface area (Å²) in [4.78, 5) is 23.4. The normalized spacial score (nSPS) is 19.3. The Hall–Kier alpha value is -1.84. The summed E-state index contributed by atoms with van der Waals surface area (Å²) in [5.74, 6) is -1.20. The van der Waals surface area contributed by atoms with Crippen molar-refractivity contribution in [1.29, 1.82) is 0 Å². The van der Waals surface area contributed by atoms with Crippen LogP contribution in [0.5, 0.6) is 0 Å². The minimum Gasteiger partial charge on any atom is -0.465 e. The van der Waals surface area contributed by atoms with Gasteiger partial charge in [0, 0.05) is 24.7 Å². The number of rotatable bonds is 3. The summed E-state index contributed by atoms with van der Waals surface area (Å²) in [6.45, 7) is 0.344. The molecule has 4 heteroatoms. The maximum Gasteiger partial charge on any atom is 0.316 e. The first-order valence-corrected chi connectivity index (χ1v) is 5.21. The van der Waals surface area contributed by atoms with Crippen molar-refractivity contribution in [2.24, 2.45) is 5.92 Å². The quantitative estimate of drug-likeness (QED) is 0.475. The maximum atomic E-state index is 12.1. The molecule has 16 heavy (non-hydrogen) atoms. The van der Waals surface area contributed by atoms with Crippen molar-refractivity contribution in [3.63, 3.8) is 0 Å². The van der Waals surface area contributed by atoms with Gasteiger partial charge in [-0.3, -0.25) is 9.59 Å². The SMILES string of the molecule is CNc1ccccc1C(=O)C1CCOC1=O. The van der Waals surface area contributed by atoms with Crippen molar-refractivity contribution < 1.29 is 14.3 Å². The lowest BCUT2D eigenvalue weighted by Crippen LogP contribution is -2.20. The average molecular weight is 219 g/mol. The Labute approximate surface area is 93.6 Å². The lowest BCUT2D eigenvalue weighted by Gasteiger charge is -2.09. The summed E-state index contributed by atoms with van der Waals surface area (Å²) >= 11 is 0. The van der Waals surface area contributed by atoms with Crippen LogP contribution in [-0.2, 0) is 9.53 Å². The molecule has 1 heterocycles. The van der Waals surface area contributed by atoms with Gasteiger partial charge >= 0.3 is 5.97 Å². The van der Waals surface area contributed by atoms with Gasteiger partial charge in [-0.1, -0.05) is 12.1 Å². The van der Waals surface area contributed by atoms with Crippen LogP contribution in [0.25, 0.3) is 0 Å². The molecule has 1 aromatic carbocycles. The Bertz CT molecular complexity index is 428. The molecule has 1 saturated heterocycles. The molecular weight excluding hydrogens is 206 g/mol. The lowest BCUT2D eigenvalue weighted by atomic mass is 9.95. The first-order chi connectivity index (χ1) is 7.74. The number of nitrogens with one attached hydrogen (secondary N) is 1. The molecular formula is C12H13NO3. The highest BCUT2D eigenvalue weighted by Crippen LogP contribution is 2.24. The topological polar surface area (TPSA) is 55.4 Å². The number of cyclic esters (lactones) is 1. The second-order valence-corrected chi connectivity index (χ2v) is 3.67. The summed E-state index contributed by atoms with van der Waals surface area (Å²) in [6.07, 6.45) is 0.482. The molecule has 1 N–H and O–H groups in total. The Balaban J connectivity index is 2.30. The Kier molecular flexibility index (Phi) is 2.90. The van der Waals surface area contributed by atoms with Crippen molar-refractivity contribution in [2.75, 3.05) is 19.0 Å². The molecule has 0 bridgehead atoms. The first-order valence-electron chi connectivity index (χ1n) is 5.21. The number of hydrogen-bond acceptors (Lipinski definition) is 4. The second-order valence-electron chi connectivity index (χ2n) is 3.67. The summed E-state index contributed by atoms with van der Waals surface area (Å²) in [6, 6.07) is 7.16. The highest BCUT2D eigenvalue weighted by Gasteiger charge is 2.34. The zero-order chi connectivity index (χ0) is 11.5. The third-order valence-corrected chi connectivity index (χ3v) is 2.71. The van der Waals surface area contributed by atoms with Crippen molar-refractivity contribution in [1.82, 2.24) is 0 Å². The number of benzene rings is 1. The van der Waals surface area contributed by atoms with E-state index in [1.54, 1.807) is 19.2 Å². The number of carbonyl (C=O) groups excluding carboxylic acids is 2. The minimum atomic E-state index is -0.630. The summed E-state index contributed by atoms with van der Waals surface area (Å²) in [7, 11) is 1.75. The van der Waals surface area contributed by atoms with Crippen LogP contribution >= 0.6 is 0 Å². The fourth-order valence-corrected chi connectivity index (χ4v) is 1.84. The van der Waals surface area contributed by atoms with E-state index in [0.29, 0.717) is 18.6 Å². The zero-order valence-electron chi connectivity index (χ0n) is 9.03. The zero-order valence-corrected chi connectivity index (χ0v) is 9.03. The molecule has 2 rings (SSSR count). The van der Waals surface area contributed by atoms with E-state index in [1.165, 1.54) is 0 Å². The first kappa shape index (κ1) is 10.7. The number of anilines is 1. The van der Waals surface area contributed by atoms with Crippen LogP contribution in [0, 0.1) is 5.92 Å². The minimum absolute atomic E-state index is 0.160. The van der Waals surface area contributed by atoms with Gasteiger partial charge in [0.15, 0.2) is 5.78 Å². The van der Waals surface area contributed by atoms with Crippen LogP contribution in [0.3, 0.4) is 0 Å². The van der Waals surface area contributed by atoms with E-state index < -0.39 is 11.9 Å². The van der Waals surface area contributed by atoms with Gasteiger partial charge in [-0.2, -0.15) is 0 Å². The molecule has 1 aliphatic rings. The fourth-order valence-electron chi connectivity index (χ4n) is 1.84. The Morgan fingerprint density at radius 2 is 2.19 bits per heavy atom. The maximum absolute atomic E-state index is 12.1. The molecule has 0 amide bonds. The molecule has 84 valence electrons. The number of esters is 1. The molecule has 0 radical (unpaired) electrons. The number of ketones is 1. The number of para-hydroxylation sites is 1. The smallest absolute Gasteiger partial charge is 0.316 e. The van der Waals surface area contributed by atoms with E-state index in [-0.39, 0.29) is 5.78 Å². The molecule has 0 aromatic heterocycles. The summed E-state index contributed by atoms with van der Waals surface area (Å²) in [5, 5.41) is 2.94. The van der Waals surface area contributed by atoms with Gasteiger partial charge in [0.05, 0.1) is 6.61 Å². The Morgan fingerprint density at radius 3 is 2.81 bits per heavy atom. The molecule has 0 saturated carbocycles. The predicted octanol–water partition coefficient (Wildman–Crippen LogP) is 1.47. The van der Waals surface area contributed by atoms with Crippen LogP contribution in [-0.4, -0.2) is 25.4 Å². The van der Waals surface area contributed by atoms with E-state index in [1.807, 2.05) is 12.1 Å². The van der Waals surface area contributed by atoms with E-state index in [0.717, 1.165) is 5.69 Å². The number of ether oxygens (including phenoxy) is 1. The van der Waals surface area contributed by atoms with Crippen LogP contribution in [0.1, 0.15) is 16.8 Å². The van der Waals surface area contributed by atoms with Gasteiger partial charge in [0.1, 0.15) is 5.92 Å². The molecule has 0 aliphatic carbocycles. The van der Waals surface area contributed by atoms with Gasteiger partial charge in [-0.25, -0.2) is 0 Å². The van der Waals surface area contributed by atoms with Gasteiger partial charge in [0.25, 0.3) is 0 Å². The monoisotopic (exact) mass is 219 g/mol. The van der Waals surface area contributed by atoms with Crippen molar-refractivity contribution in [2.45, 2.75) is 6.42 Å². The van der Waals surface area contributed by atoms with E-state index in [9.17, 15) is 9.59 Å². The molecule has 1 aromatic rings. The average Bonchev–Trinajstić information content (AvgIpc) is 2.74. The summed E-state index contributed by atoms with van der Waals surface area (Å²) in [5.41, 5.74) is 1.29. The highest BCUT2D eigenvalue weighted by atomic mass is 16.5. The number of carbonyl (C=O) groups is 2. The van der Waals surface area contributed by atoms with Crippen LogP contribution in [0.15, 0.2) is 24.3 Å². The predicted molar refractivity (Wildman–Crippen MR) is 59.4 cm³/mol.